The minimum absolute atomic E-state index is 0.0965. The molecule has 156 valence electrons. The predicted octanol–water partition coefficient (Wildman–Crippen LogP) is 3.98. The molecule has 1 heterocycles. The molecular formula is C20H14F3NO5S. The average molecular weight is 437 g/mol. The molecule has 0 amide bonds. The Kier molecular flexibility index (Phi) is 4.69. The molecule has 0 saturated heterocycles. The zero-order chi connectivity index (χ0) is 21.8. The molecule has 0 aliphatic carbocycles. The first kappa shape index (κ1) is 20.1. The van der Waals surface area contributed by atoms with E-state index >= 15 is 0 Å². The molecule has 4 rings (SSSR count). The molecule has 3 aromatic carbocycles. The van der Waals surface area contributed by atoms with Crippen LogP contribution in [-0.2, 0) is 16.3 Å². The van der Waals surface area contributed by atoms with Gasteiger partial charge >= 0.3 is 0 Å². The fourth-order valence-corrected chi connectivity index (χ4v) is 4.30. The van der Waals surface area contributed by atoms with Gasteiger partial charge in [-0.3, -0.25) is 10.1 Å². The van der Waals surface area contributed by atoms with Crippen molar-refractivity contribution in [3.05, 3.63) is 81.2 Å². The second-order valence-corrected chi connectivity index (χ2v) is 9.10. The molecule has 10 heteroatoms. The van der Waals surface area contributed by atoms with Gasteiger partial charge in [0.15, 0.2) is 27.6 Å². The number of hydrogen-bond acceptors (Lipinski definition) is 5. The Morgan fingerprint density at radius 2 is 1.73 bits per heavy atom. The SMILES string of the molecule is CS(=O)(=O)c1ccc2c3c(ccc2c1)O[C@H](c1cc(F)c(F)cc1F)[C@@H]([N+](=O)[O-])C3. The van der Waals surface area contributed by atoms with Crippen LogP contribution < -0.4 is 4.74 Å². The molecule has 0 radical (unpaired) electrons. The quantitative estimate of drug-likeness (QED) is 0.351. The van der Waals surface area contributed by atoms with E-state index in [0.717, 1.165) is 6.26 Å². The summed E-state index contributed by atoms with van der Waals surface area (Å²) in [6.45, 7) is 0. The molecule has 0 spiro atoms. The maximum atomic E-state index is 14.3. The number of sulfone groups is 1. The van der Waals surface area contributed by atoms with Crippen molar-refractivity contribution in [2.75, 3.05) is 6.26 Å². The highest BCUT2D eigenvalue weighted by Crippen LogP contribution is 2.41. The highest BCUT2D eigenvalue weighted by molar-refractivity contribution is 7.90. The highest BCUT2D eigenvalue weighted by Gasteiger charge is 2.42. The summed E-state index contributed by atoms with van der Waals surface area (Å²) >= 11 is 0. The van der Waals surface area contributed by atoms with Crippen LogP contribution in [0, 0.1) is 27.6 Å². The van der Waals surface area contributed by atoms with Crippen LogP contribution >= 0.6 is 0 Å². The minimum Gasteiger partial charge on any atom is -0.478 e. The summed E-state index contributed by atoms with van der Waals surface area (Å²) in [6, 6.07) is 6.87. The lowest BCUT2D eigenvalue weighted by molar-refractivity contribution is -0.535. The Morgan fingerprint density at radius 3 is 2.40 bits per heavy atom. The van der Waals surface area contributed by atoms with Crippen LogP contribution in [0.25, 0.3) is 10.8 Å². The molecule has 0 saturated carbocycles. The van der Waals surface area contributed by atoms with E-state index in [1.807, 2.05) is 0 Å². The van der Waals surface area contributed by atoms with Crippen molar-refractivity contribution in [2.45, 2.75) is 23.5 Å². The summed E-state index contributed by atoms with van der Waals surface area (Å²) < 4.78 is 70.5. The van der Waals surface area contributed by atoms with Gasteiger partial charge in [0, 0.05) is 34.8 Å². The van der Waals surface area contributed by atoms with Gasteiger partial charge in [0.25, 0.3) is 6.04 Å². The molecule has 2 atom stereocenters. The zero-order valence-corrected chi connectivity index (χ0v) is 16.3. The molecule has 0 N–H and O–H groups in total. The molecule has 6 nitrogen and oxygen atoms in total. The topological polar surface area (TPSA) is 86.5 Å². The molecule has 0 bridgehead atoms. The van der Waals surface area contributed by atoms with E-state index in [2.05, 4.69) is 0 Å². The van der Waals surface area contributed by atoms with E-state index in [4.69, 9.17) is 4.74 Å². The summed E-state index contributed by atoms with van der Waals surface area (Å²) in [5, 5.41) is 12.8. The first-order valence-corrected chi connectivity index (χ1v) is 10.7. The molecule has 30 heavy (non-hydrogen) atoms. The first-order valence-electron chi connectivity index (χ1n) is 8.76. The van der Waals surface area contributed by atoms with E-state index in [1.165, 1.54) is 24.3 Å². The number of nitrogens with zero attached hydrogens (tertiary/aromatic N) is 1. The van der Waals surface area contributed by atoms with Gasteiger partial charge in [-0.1, -0.05) is 12.1 Å². The van der Waals surface area contributed by atoms with Gasteiger partial charge in [-0.15, -0.1) is 0 Å². The standard InChI is InChI=1S/C20H14F3NO5S/c1-30(27,28)11-3-4-12-10(6-11)2-5-19-13(12)8-18(24(25)26)20(29-19)14-7-16(22)17(23)9-15(14)21/h2-7,9,18,20H,8H2,1H3/t18-,20+/m0/s1. The number of ether oxygens (including phenoxy) is 1. The van der Waals surface area contributed by atoms with Crippen molar-refractivity contribution < 1.29 is 31.2 Å². The van der Waals surface area contributed by atoms with Crippen LogP contribution in [0.15, 0.2) is 47.4 Å². The Bertz CT molecular complexity index is 1310. The van der Waals surface area contributed by atoms with Gasteiger partial charge < -0.3 is 4.74 Å². The number of halogens is 3. The molecular weight excluding hydrogens is 423 g/mol. The van der Waals surface area contributed by atoms with Crippen molar-refractivity contribution in [1.82, 2.24) is 0 Å². The number of fused-ring (bicyclic) bond motifs is 3. The summed E-state index contributed by atoms with van der Waals surface area (Å²) in [7, 11) is -3.44. The number of rotatable bonds is 3. The van der Waals surface area contributed by atoms with Gasteiger partial charge in [-0.25, -0.2) is 21.6 Å². The van der Waals surface area contributed by atoms with E-state index in [-0.39, 0.29) is 17.1 Å². The molecule has 1 aliphatic rings. The fourth-order valence-electron chi connectivity index (χ4n) is 3.65. The third-order valence-corrected chi connectivity index (χ3v) is 6.23. The van der Waals surface area contributed by atoms with Gasteiger partial charge in [0.2, 0.25) is 0 Å². The highest BCUT2D eigenvalue weighted by atomic mass is 32.2. The van der Waals surface area contributed by atoms with Gasteiger partial charge in [0.1, 0.15) is 11.6 Å². The molecule has 0 aromatic heterocycles. The lowest BCUT2D eigenvalue weighted by Gasteiger charge is -2.30. The largest absolute Gasteiger partial charge is 0.478 e. The number of hydrogen-bond donors (Lipinski definition) is 0. The van der Waals surface area contributed by atoms with Crippen molar-refractivity contribution in [2.24, 2.45) is 0 Å². The Balaban J connectivity index is 1.85. The van der Waals surface area contributed by atoms with E-state index < -0.39 is 49.9 Å². The van der Waals surface area contributed by atoms with Crippen LogP contribution in [0.2, 0.25) is 0 Å². The normalized spacial score (nSPS) is 18.7. The number of nitro groups is 1. The molecule has 0 fully saturated rings. The lowest BCUT2D eigenvalue weighted by Crippen LogP contribution is -2.37. The van der Waals surface area contributed by atoms with E-state index in [1.54, 1.807) is 6.07 Å². The molecule has 1 aliphatic heterocycles. The Labute approximate surface area is 169 Å². The smallest absolute Gasteiger partial charge is 0.257 e. The second-order valence-electron chi connectivity index (χ2n) is 7.08. The van der Waals surface area contributed by atoms with Crippen LogP contribution in [0.4, 0.5) is 13.2 Å². The van der Waals surface area contributed by atoms with Gasteiger partial charge in [-0.2, -0.15) is 0 Å². The Morgan fingerprint density at radius 1 is 1.03 bits per heavy atom. The second kappa shape index (κ2) is 6.98. The summed E-state index contributed by atoms with van der Waals surface area (Å²) in [4.78, 5) is 11.1. The monoisotopic (exact) mass is 437 g/mol. The predicted molar refractivity (Wildman–Crippen MR) is 101 cm³/mol. The maximum Gasteiger partial charge on any atom is 0.257 e. The van der Waals surface area contributed by atoms with Crippen LogP contribution in [0.5, 0.6) is 5.75 Å². The fraction of sp³-hybridized carbons (Fsp3) is 0.200. The van der Waals surface area contributed by atoms with Crippen molar-refractivity contribution >= 4 is 20.6 Å². The third-order valence-electron chi connectivity index (χ3n) is 5.12. The Hall–Kier alpha value is -3.14. The van der Waals surface area contributed by atoms with Crippen LogP contribution in [0.3, 0.4) is 0 Å². The molecule has 0 unspecified atom stereocenters. The maximum absolute atomic E-state index is 14.3. The van der Waals surface area contributed by atoms with Crippen molar-refractivity contribution in [3.8, 4) is 5.75 Å². The van der Waals surface area contributed by atoms with Crippen LogP contribution in [0.1, 0.15) is 17.2 Å². The molecule has 3 aromatic rings. The number of benzene rings is 3. The summed E-state index contributed by atoms with van der Waals surface area (Å²) in [5.41, 5.74) is 0.00210. The zero-order valence-electron chi connectivity index (χ0n) is 15.4. The van der Waals surface area contributed by atoms with E-state index in [0.29, 0.717) is 28.5 Å². The van der Waals surface area contributed by atoms with Gasteiger partial charge in [0.05, 0.1) is 4.90 Å². The van der Waals surface area contributed by atoms with Gasteiger partial charge in [-0.05, 0) is 35.0 Å². The lowest BCUT2D eigenvalue weighted by atomic mass is 9.90. The van der Waals surface area contributed by atoms with E-state index in [9.17, 15) is 31.7 Å². The first-order chi connectivity index (χ1) is 14.1. The van der Waals surface area contributed by atoms with Crippen molar-refractivity contribution in [1.29, 1.82) is 0 Å². The summed E-state index contributed by atoms with van der Waals surface area (Å²) in [6.07, 6.45) is -0.559. The average Bonchev–Trinajstić information content (AvgIpc) is 2.68. The van der Waals surface area contributed by atoms with Crippen molar-refractivity contribution in [3.63, 3.8) is 0 Å². The minimum atomic E-state index is -3.44. The van der Waals surface area contributed by atoms with Crippen LogP contribution in [-0.4, -0.2) is 25.6 Å². The third kappa shape index (κ3) is 3.36. The summed E-state index contributed by atoms with van der Waals surface area (Å²) in [5.74, 6) is -3.66.